The van der Waals surface area contributed by atoms with Crippen LogP contribution in [0.15, 0.2) is 60.7 Å². The van der Waals surface area contributed by atoms with Gasteiger partial charge in [-0.05, 0) is 67.8 Å². The van der Waals surface area contributed by atoms with Crippen LogP contribution in [0.1, 0.15) is 34.5 Å². The number of benzene rings is 2. The number of amides is 2. The number of anilines is 1. The van der Waals surface area contributed by atoms with Crippen molar-refractivity contribution in [3.05, 3.63) is 82.5 Å². The second-order valence-electron chi connectivity index (χ2n) is 8.52. The monoisotopic (exact) mass is 493 g/mol. The summed E-state index contributed by atoms with van der Waals surface area (Å²) in [4.78, 5) is 32.1. The van der Waals surface area contributed by atoms with Gasteiger partial charge in [0.05, 0.1) is 13.0 Å². The molecule has 0 aliphatic carbocycles. The van der Waals surface area contributed by atoms with Gasteiger partial charge in [-0.1, -0.05) is 29.8 Å². The minimum Gasteiger partial charge on any atom is -0.493 e. The Bertz CT molecular complexity index is 1200. The van der Waals surface area contributed by atoms with Crippen molar-refractivity contribution in [2.75, 3.05) is 25.5 Å². The number of halogens is 1. The van der Waals surface area contributed by atoms with Gasteiger partial charge in [0.1, 0.15) is 12.4 Å². The molecule has 1 aliphatic heterocycles. The quantitative estimate of drug-likeness (QED) is 0.494. The molecule has 1 aromatic heterocycles. The second kappa shape index (κ2) is 11.2. The Balaban J connectivity index is 1.40. The topological polar surface area (TPSA) is 80.8 Å². The predicted octanol–water partition coefficient (Wildman–Crippen LogP) is 5.12. The van der Waals surface area contributed by atoms with Crippen LogP contribution in [0.5, 0.6) is 11.5 Å². The van der Waals surface area contributed by atoms with Crippen LogP contribution in [0.4, 0.5) is 5.82 Å². The van der Waals surface area contributed by atoms with Crippen molar-refractivity contribution < 1.29 is 19.1 Å². The SMILES string of the molecule is COc1cc(C(=O)N2CCCC(C(=O)Nc3cccc(C)n3)C2)ccc1OCc1ccc(Cl)cc1. The highest BCUT2D eigenvalue weighted by molar-refractivity contribution is 6.30. The van der Waals surface area contributed by atoms with Crippen molar-refractivity contribution in [3.63, 3.8) is 0 Å². The molecule has 0 saturated carbocycles. The highest BCUT2D eigenvalue weighted by Gasteiger charge is 2.29. The van der Waals surface area contributed by atoms with E-state index in [9.17, 15) is 9.59 Å². The van der Waals surface area contributed by atoms with Crippen LogP contribution in [0.25, 0.3) is 0 Å². The van der Waals surface area contributed by atoms with Gasteiger partial charge >= 0.3 is 0 Å². The number of carbonyl (C=O) groups excluding carboxylic acids is 2. The lowest BCUT2D eigenvalue weighted by molar-refractivity contribution is -0.121. The smallest absolute Gasteiger partial charge is 0.254 e. The molecule has 1 saturated heterocycles. The second-order valence-corrected chi connectivity index (χ2v) is 8.96. The standard InChI is InChI=1S/C27H28ClN3O4/c1-18-5-3-7-25(29-18)30-26(32)21-6-4-14-31(16-21)27(33)20-10-13-23(24(15-20)34-2)35-17-19-8-11-22(28)12-9-19/h3,5,7-13,15,21H,4,6,14,16-17H2,1-2H3,(H,29,30,32). The van der Waals surface area contributed by atoms with E-state index >= 15 is 0 Å². The van der Waals surface area contributed by atoms with Gasteiger partial charge in [0.25, 0.3) is 5.91 Å². The summed E-state index contributed by atoms with van der Waals surface area (Å²) in [5.74, 6) is 0.987. The number of piperidine rings is 1. The van der Waals surface area contributed by atoms with Gasteiger partial charge in [0.15, 0.2) is 11.5 Å². The molecule has 35 heavy (non-hydrogen) atoms. The Morgan fingerprint density at radius 2 is 1.91 bits per heavy atom. The van der Waals surface area contributed by atoms with E-state index in [2.05, 4.69) is 10.3 Å². The molecule has 0 radical (unpaired) electrons. The third-order valence-corrected chi connectivity index (χ3v) is 6.19. The van der Waals surface area contributed by atoms with Crippen molar-refractivity contribution in [3.8, 4) is 11.5 Å². The minimum absolute atomic E-state index is 0.121. The fourth-order valence-electron chi connectivity index (χ4n) is 4.06. The van der Waals surface area contributed by atoms with E-state index in [0.29, 0.717) is 47.6 Å². The number of aryl methyl sites for hydroxylation is 1. The maximum absolute atomic E-state index is 13.2. The van der Waals surface area contributed by atoms with E-state index in [0.717, 1.165) is 24.1 Å². The Morgan fingerprint density at radius 1 is 1.11 bits per heavy atom. The number of likely N-dealkylation sites (tertiary alicyclic amines) is 1. The number of hydrogen-bond acceptors (Lipinski definition) is 5. The molecule has 1 N–H and O–H groups in total. The molecule has 1 unspecified atom stereocenters. The van der Waals surface area contributed by atoms with Crippen LogP contribution in [0.3, 0.4) is 0 Å². The van der Waals surface area contributed by atoms with Crippen LogP contribution in [-0.4, -0.2) is 41.9 Å². The number of rotatable bonds is 7. The summed E-state index contributed by atoms with van der Waals surface area (Å²) in [6, 6.07) is 18.0. The van der Waals surface area contributed by atoms with Crippen LogP contribution in [-0.2, 0) is 11.4 Å². The van der Waals surface area contributed by atoms with Crippen LogP contribution in [0.2, 0.25) is 5.02 Å². The number of pyridine rings is 1. The van der Waals surface area contributed by atoms with E-state index in [1.54, 1.807) is 36.3 Å². The van der Waals surface area contributed by atoms with E-state index in [4.69, 9.17) is 21.1 Å². The third kappa shape index (κ3) is 6.31. The number of hydrogen-bond donors (Lipinski definition) is 1. The zero-order valence-electron chi connectivity index (χ0n) is 19.8. The Hall–Kier alpha value is -3.58. The Morgan fingerprint density at radius 3 is 2.66 bits per heavy atom. The van der Waals surface area contributed by atoms with Crippen molar-refractivity contribution in [2.24, 2.45) is 5.92 Å². The minimum atomic E-state index is -0.293. The molecule has 2 amide bonds. The number of ether oxygens (including phenoxy) is 2. The predicted molar refractivity (Wildman–Crippen MR) is 135 cm³/mol. The summed E-state index contributed by atoms with van der Waals surface area (Å²) in [6.07, 6.45) is 1.48. The van der Waals surface area contributed by atoms with E-state index in [1.807, 2.05) is 43.3 Å². The van der Waals surface area contributed by atoms with Gasteiger partial charge in [-0.2, -0.15) is 0 Å². The molecule has 2 aromatic carbocycles. The number of methoxy groups -OCH3 is 1. The highest BCUT2D eigenvalue weighted by Crippen LogP contribution is 2.30. The first-order chi connectivity index (χ1) is 16.9. The number of nitrogens with one attached hydrogen (secondary N) is 1. The summed E-state index contributed by atoms with van der Waals surface area (Å²) >= 11 is 5.93. The average Bonchev–Trinajstić information content (AvgIpc) is 2.88. The summed E-state index contributed by atoms with van der Waals surface area (Å²) in [5.41, 5.74) is 2.29. The van der Waals surface area contributed by atoms with Gasteiger partial charge in [-0.3, -0.25) is 9.59 Å². The van der Waals surface area contributed by atoms with Gasteiger partial charge < -0.3 is 19.7 Å². The average molecular weight is 494 g/mol. The lowest BCUT2D eigenvalue weighted by Crippen LogP contribution is -2.43. The fraction of sp³-hybridized carbons (Fsp3) is 0.296. The summed E-state index contributed by atoms with van der Waals surface area (Å²) in [5, 5.41) is 3.54. The zero-order chi connectivity index (χ0) is 24.8. The number of aromatic nitrogens is 1. The van der Waals surface area contributed by atoms with E-state index in [-0.39, 0.29) is 17.7 Å². The maximum atomic E-state index is 13.2. The normalized spacial score (nSPS) is 15.4. The summed E-state index contributed by atoms with van der Waals surface area (Å²) in [6.45, 7) is 3.18. The molecule has 1 aliphatic rings. The van der Waals surface area contributed by atoms with Gasteiger partial charge in [0.2, 0.25) is 5.91 Å². The Kier molecular flexibility index (Phi) is 7.87. The van der Waals surface area contributed by atoms with Crippen molar-refractivity contribution in [1.82, 2.24) is 9.88 Å². The molecular weight excluding hydrogens is 466 g/mol. The third-order valence-electron chi connectivity index (χ3n) is 5.94. The first-order valence-electron chi connectivity index (χ1n) is 11.5. The molecule has 1 atom stereocenters. The maximum Gasteiger partial charge on any atom is 0.254 e. The van der Waals surface area contributed by atoms with Crippen LogP contribution >= 0.6 is 11.6 Å². The molecule has 4 rings (SSSR count). The molecule has 0 bridgehead atoms. The lowest BCUT2D eigenvalue weighted by Gasteiger charge is -2.32. The molecule has 3 aromatic rings. The molecule has 2 heterocycles. The van der Waals surface area contributed by atoms with E-state index in [1.165, 1.54) is 0 Å². The lowest BCUT2D eigenvalue weighted by atomic mass is 9.96. The summed E-state index contributed by atoms with van der Waals surface area (Å²) < 4.78 is 11.4. The Labute approximate surface area is 210 Å². The van der Waals surface area contributed by atoms with Crippen molar-refractivity contribution in [2.45, 2.75) is 26.4 Å². The number of nitrogens with zero attached hydrogens (tertiary/aromatic N) is 2. The van der Waals surface area contributed by atoms with Crippen LogP contribution in [0, 0.1) is 12.8 Å². The summed E-state index contributed by atoms with van der Waals surface area (Å²) in [7, 11) is 1.54. The van der Waals surface area contributed by atoms with Crippen molar-refractivity contribution in [1.29, 1.82) is 0 Å². The molecule has 8 heteroatoms. The number of carbonyl (C=O) groups is 2. The highest BCUT2D eigenvalue weighted by atomic mass is 35.5. The fourth-order valence-corrected chi connectivity index (χ4v) is 4.19. The van der Waals surface area contributed by atoms with Gasteiger partial charge in [0, 0.05) is 29.4 Å². The first-order valence-corrected chi connectivity index (χ1v) is 11.9. The van der Waals surface area contributed by atoms with E-state index < -0.39 is 0 Å². The molecule has 1 fully saturated rings. The van der Waals surface area contributed by atoms with Crippen molar-refractivity contribution >= 4 is 29.2 Å². The molecule has 0 spiro atoms. The van der Waals surface area contributed by atoms with Crippen LogP contribution < -0.4 is 14.8 Å². The molecular formula is C27H28ClN3O4. The van der Waals surface area contributed by atoms with Gasteiger partial charge in [-0.15, -0.1) is 0 Å². The van der Waals surface area contributed by atoms with Gasteiger partial charge in [-0.25, -0.2) is 4.98 Å². The molecule has 7 nitrogen and oxygen atoms in total. The molecule has 182 valence electrons. The zero-order valence-corrected chi connectivity index (χ0v) is 20.5. The largest absolute Gasteiger partial charge is 0.493 e. The first kappa shape index (κ1) is 24.5.